The minimum Gasteiger partial charge on any atom is -0.469 e. The molecule has 0 spiro atoms. The molecule has 0 amide bonds. The van der Waals surface area contributed by atoms with Gasteiger partial charge in [-0.2, -0.15) is 0 Å². The molecule has 1 N–H and O–H groups in total. The molecule has 0 radical (unpaired) electrons. The van der Waals surface area contributed by atoms with E-state index in [4.69, 9.17) is 9.47 Å². The van der Waals surface area contributed by atoms with E-state index in [1.807, 2.05) is 0 Å². The van der Waals surface area contributed by atoms with E-state index < -0.39 is 23.6 Å². The second-order valence-electron chi connectivity index (χ2n) is 6.24. The van der Waals surface area contributed by atoms with Gasteiger partial charge in [0.15, 0.2) is 5.78 Å². The quantitative estimate of drug-likeness (QED) is 0.772. The molecule has 0 aromatic heterocycles. The van der Waals surface area contributed by atoms with Gasteiger partial charge in [0.05, 0.1) is 19.4 Å². The Morgan fingerprint density at radius 3 is 2.82 bits per heavy atom. The van der Waals surface area contributed by atoms with Crippen molar-refractivity contribution in [1.29, 1.82) is 0 Å². The Kier molecular flexibility index (Phi) is 3.80. The van der Waals surface area contributed by atoms with E-state index in [2.05, 4.69) is 0 Å². The van der Waals surface area contributed by atoms with E-state index in [0.717, 1.165) is 0 Å². The number of allylic oxidation sites excluding steroid dienone is 2. The van der Waals surface area contributed by atoms with Gasteiger partial charge in [-0.05, 0) is 12.8 Å². The van der Waals surface area contributed by atoms with Crippen LogP contribution in [-0.4, -0.2) is 35.5 Å². The summed E-state index contributed by atoms with van der Waals surface area (Å²) in [6, 6.07) is 0. The lowest BCUT2D eigenvalue weighted by molar-refractivity contribution is -0.243. The lowest BCUT2D eigenvalue weighted by Crippen LogP contribution is -2.55. The van der Waals surface area contributed by atoms with Crippen molar-refractivity contribution in [3.63, 3.8) is 0 Å². The molecular weight excluding hydrogens is 288 g/mol. The van der Waals surface area contributed by atoms with Gasteiger partial charge in [0.1, 0.15) is 11.5 Å². The van der Waals surface area contributed by atoms with E-state index in [-0.39, 0.29) is 18.0 Å². The number of carbonyl (C=O) groups excluding carboxylic acids is 3. The molecule has 6 heteroatoms. The molecule has 3 rings (SSSR count). The number of methoxy groups -OCH3 is 1. The zero-order valence-corrected chi connectivity index (χ0v) is 12.6. The maximum absolute atomic E-state index is 12.4. The Morgan fingerprint density at radius 1 is 1.32 bits per heavy atom. The fourth-order valence-corrected chi connectivity index (χ4v) is 3.95. The summed E-state index contributed by atoms with van der Waals surface area (Å²) in [4.78, 5) is 36.4. The fourth-order valence-electron chi connectivity index (χ4n) is 3.95. The smallest absolute Gasteiger partial charge is 0.306 e. The highest BCUT2D eigenvalue weighted by atomic mass is 16.6. The first-order chi connectivity index (χ1) is 10.5. The summed E-state index contributed by atoms with van der Waals surface area (Å²) in [5, 5.41) is 10.8. The van der Waals surface area contributed by atoms with E-state index in [0.29, 0.717) is 49.9 Å². The van der Waals surface area contributed by atoms with Gasteiger partial charge in [-0.25, -0.2) is 0 Å². The zero-order valence-electron chi connectivity index (χ0n) is 12.6. The van der Waals surface area contributed by atoms with Crippen LogP contribution in [-0.2, 0) is 23.9 Å². The number of Topliss-reactive ketones (excluding diaryl/α,β-unsaturated/α-hetero) is 2. The topological polar surface area (TPSA) is 89.9 Å². The molecule has 22 heavy (non-hydrogen) atoms. The summed E-state index contributed by atoms with van der Waals surface area (Å²) >= 11 is 0. The highest BCUT2D eigenvalue weighted by Gasteiger charge is 2.56. The van der Waals surface area contributed by atoms with Crippen molar-refractivity contribution in [1.82, 2.24) is 0 Å². The Morgan fingerprint density at radius 2 is 2.09 bits per heavy atom. The molecule has 120 valence electrons. The standard InChI is InChI=1S/C16H20O6/c1-21-13(19)8-9-14-10(17)4-2-6-12(14)22-16(20)7-3-5-11(18)15(9)16/h9,15,20H,2-8H2,1H3/t9-,15-,16+/m0/s1. The van der Waals surface area contributed by atoms with Crippen molar-refractivity contribution in [3.8, 4) is 0 Å². The number of hydrogen-bond acceptors (Lipinski definition) is 6. The second-order valence-corrected chi connectivity index (χ2v) is 6.24. The van der Waals surface area contributed by atoms with Gasteiger partial charge in [0.25, 0.3) is 0 Å². The Labute approximate surface area is 128 Å². The highest BCUT2D eigenvalue weighted by molar-refractivity contribution is 5.99. The lowest BCUT2D eigenvalue weighted by Gasteiger charge is -2.48. The van der Waals surface area contributed by atoms with Crippen LogP contribution in [0.15, 0.2) is 11.3 Å². The number of hydrogen-bond donors (Lipinski definition) is 1. The van der Waals surface area contributed by atoms with Gasteiger partial charge >= 0.3 is 5.97 Å². The van der Waals surface area contributed by atoms with Crippen LogP contribution in [0.4, 0.5) is 0 Å². The number of rotatable bonds is 2. The average Bonchev–Trinajstić information content (AvgIpc) is 2.46. The lowest BCUT2D eigenvalue weighted by atomic mass is 9.66. The molecule has 1 heterocycles. The number of aliphatic hydroxyl groups is 1. The number of ether oxygens (including phenoxy) is 2. The summed E-state index contributed by atoms with van der Waals surface area (Å²) in [5.74, 6) is -3.35. The minimum atomic E-state index is -1.59. The molecule has 2 aliphatic carbocycles. The highest BCUT2D eigenvalue weighted by Crippen LogP contribution is 2.49. The van der Waals surface area contributed by atoms with E-state index in [9.17, 15) is 19.5 Å². The van der Waals surface area contributed by atoms with Crippen LogP contribution in [0, 0.1) is 11.8 Å². The van der Waals surface area contributed by atoms with Gasteiger partial charge in [0, 0.05) is 37.2 Å². The van der Waals surface area contributed by atoms with Crippen LogP contribution < -0.4 is 0 Å². The molecule has 0 aromatic rings. The normalized spacial score (nSPS) is 34.6. The summed E-state index contributed by atoms with van der Waals surface area (Å²) < 4.78 is 10.4. The van der Waals surface area contributed by atoms with Crippen LogP contribution in [0.3, 0.4) is 0 Å². The molecular formula is C16H20O6. The molecule has 1 saturated carbocycles. The Hall–Kier alpha value is -1.69. The number of ketones is 2. The SMILES string of the molecule is COC(=O)C[C@H]1C2=C(CCCC2=O)O[C@]2(O)CCCC(=O)[C@H]12. The number of fused-ring (bicyclic) bond motifs is 1. The van der Waals surface area contributed by atoms with Crippen LogP contribution in [0.1, 0.15) is 44.9 Å². The summed E-state index contributed by atoms with van der Waals surface area (Å²) in [6.07, 6.45) is 2.76. The first-order valence-electron chi connectivity index (χ1n) is 7.73. The molecule has 0 aromatic carbocycles. The molecule has 1 fully saturated rings. The Balaban J connectivity index is 2.06. The van der Waals surface area contributed by atoms with Crippen molar-refractivity contribution in [3.05, 3.63) is 11.3 Å². The third-order valence-electron chi connectivity index (χ3n) is 4.89. The van der Waals surface area contributed by atoms with E-state index in [1.54, 1.807) is 0 Å². The summed E-state index contributed by atoms with van der Waals surface area (Å²) in [6.45, 7) is 0. The third-order valence-corrected chi connectivity index (χ3v) is 4.89. The van der Waals surface area contributed by atoms with Crippen LogP contribution in [0.2, 0.25) is 0 Å². The van der Waals surface area contributed by atoms with Crippen LogP contribution in [0.25, 0.3) is 0 Å². The molecule has 1 aliphatic heterocycles. The predicted molar refractivity (Wildman–Crippen MR) is 74.4 cm³/mol. The van der Waals surface area contributed by atoms with Crippen LogP contribution >= 0.6 is 0 Å². The van der Waals surface area contributed by atoms with E-state index in [1.165, 1.54) is 7.11 Å². The summed E-state index contributed by atoms with van der Waals surface area (Å²) in [7, 11) is 1.27. The second kappa shape index (κ2) is 5.50. The van der Waals surface area contributed by atoms with Crippen molar-refractivity contribution in [2.75, 3.05) is 7.11 Å². The average molecular weight is 308 g/mol. The van der Waals surface area contributed by atoms with Crippen molar-refractivity contribution < 1.29 is 29.0 Å². The van der Waals surface area contributed by atoms with Crippen LogP contribution in [0.5, 0.6) is 0 Å². The maximum atomic E-state index is 12.4. The summed E-state index contributed by atoms with van der Waals surface area (Å²) in [5.41, 5.74) is 0.418. The first-order valence-corrected chi connectivity index (χ1v) is 7.73. The molecule has 0 unspecified atom stereocenters. The monoisotopic (exact) mass is 308 g/mol. The minimum absolute atomic E-state index is 0.0802. The van der Waals surface area contributed by atoms with Crippen molar-refractivity contribution in [2.45, 2.75) is 50.7 Å². The van der Waals surface area contributed by atoms with E-state index >= 15 is 0 Å². The molecule has 6 nitrogen and oxygen atoms in total. The van der Waals surface area contributed by atoms with Crippen molar-refractivity contribution in [2.24, 2.45) is 11.8 Å². The Bertz CT molecular complexity index is 563. The number of carbonyl (C=O) groups is 3. The fraction of sp³-hybridized carbons (Fsp3) is 0.688. The number of esters is 1. The zero-order chi connectivity index (χ0) is 15.9. The van der Waals surface area contributed by atoms with Gasteiger partial charge in [0.2, 0.25) is 5.79 Å². The van der Waals surface area contributed by atoms with Gasteiger partial charge in [-0.3, -0.25) is 14.4 Å². The molecule has 3 atom stereocenters. The molecule has 0 bridgehead atoms. The van der Waals surface area contributed by atoms with Gasteiger partial charge < -0.3 is 14.6 Å². The van der Waals surface area contributed by atoms with Gasteiger partial charge in [-0.1, -0.05) is 0 Å². The third kappa shape index (κ3) is 2.35. The van der Waals surface area contributed by atoms with Gasteiger partial charge in [-0.15, -0.1) is 0 Å². The predicted octanol–water partition coefficient (Wildman–Crippen LogP) is 1.26. The molecule has 0 saturated heterocycles. The largest absolute Gasteiger partial charge is 0.469 e. The van der Waals surface area contributed by atoms with Crippen molar-refractivity contribution >= 4 is 17.5 Å². The maximum Gasteiger partial charge on any atom is 0.306 e. The molecule has 3 aliphatic rings. The first kappa shape index (κ1) is 15.2.